The molecule has 2 aromatic rings. The van der Waals surface area contributed by atoms with Gasteiger partial charge in [-0.05, 0) is 54.9 Å². The summed E-state index contributed by atoms with van der Waals surface area (Å²) in [7, 11) is 1.66. The van der Waals surface area contributed by atoms with Gasteiger partial charge in [-0.3, -0.25) is 14.7 Å². The Bertz CT molecular complexity index is 856. The van der Waals surface area contributed by atoms with E-state index >= 15 is 0 Å². The number of benzene rings is 2. The highest BCUT2D eigenvalue weighted by Crippen LogP contribution is 2.24. The van der Waals surface area contributed by atoms with Crippen molar-refractivity contribution in [3.8, 4) is 5.75 Å². The fraction of sp³-hybridized carbons (Fsp3) is 0.440. The Labute approximate surface area is 179 Å². The topological polar surface area (TPSA) is 45.1 Å². The minimum Gasteiger partial charge on any atom is -0.497 e. The molecular formula is C25H31N3O2. The van der Waals surface area contributed by atoms with Crippen LogP contribution >= 0.6 is 0 Å². The Kier molecular flexibility index (Phi) is 6.67. The van der Waals surface area contributed by atoms with Gasteiger partial charge in [0.1, 0.15) is 5.75 Å². The van der Waals surface area contributed by atoms with Gasteiger partial charge < -0.3 is 9.64 Å². The number of aliphatic imine (C=N–C) groups is 1. The van der Waals surface area contributed by atoms with Gasteiger partial charge in [0, 0.05) is 26.1 Å². The molecule has 5 nitrogen and oxygen atoms in total. The van der Waals surface area contributed by atoms with Crippen molar-refractivity contribution in [2.45, 2.75) is 32.1 Å². The molecule has 0 atom stereocenters. The number of methoxy groups -OCH3 is 1. The molecule has 2 aromatic carbocycles. The third-order valence-electron chi connectivity index (χ3n) is 6.17. The van der Waals surface area contributed by atoms with Crippen LogP contribution in [0.5, 0.6) is 5.75 Å². The average Bonchev–Trinajstić information content (AvgIpc) is 3.29. The van der Waals surface area contributed by atoms with Gasteiger partial charge in [-0.15, -0.1) is 0 Å². The summed E-state index contributed by atoms with van der Waals surface area (Å²) in [4.78, 5) is 21.8. The summed E-state index contributed by atoms with van der Waals surface area (Å²) in [6, 6.07) is 18.7. The van der Waals surface area contributed by atoms with E-state index in [0.717, 1.165) is 56.0 Å². The fourth-order valence-corrected chi connectivity index (χ4v) is 4.41. The molecule has 4 rings (SSSR count). The summed E-state index contributed by atoms with van der Waals surface area (Å²) >= 11 is 0. The molecule has 5 heteroatoms. The molecule has 0 saturated carbocycles. The normalized spacial score (nSPS) is 17.2. The van der Waals surface area contributed by atoms with E-state index in [2.05, 4.69) is 40.2 Å². The van der Waals surface area contributed by atoms with Crippen molar-refractivity contribution >= 4 is 11.9 Å². The number of hydrogen-bond acceptors (Lipinski definition) is 4. The lowest BCUT2D eigenvalue weighted by atomic mass is 9.90. The SMILES string of the molecule is COc1ccc(CCC(=O)N2CCN=C2N2CCC(Cc3ccccc3)CC2)cc1. The maximum Gasteiger partial charge on any atom is 0.229 e. The standard InChI is InChI=1S/C25H31N3O2/c1-30-23-10-7-20(8-11-23)9-12-24(29)28-18-15-26-25(28)27-16-13-22(14-17-27)19-21-5-3-2-4-6-21/h2-8,10-11,22H,9,12-19H2,1H3. The maximum atomic E-state index is 12.9. The molecule has 2 heterocycles. The molecule has 2 aliphatic rings. The number of amides is 1. The number of piperidine rings is 1. The second-order valence-corrected chi connectivity index (χ2v) is 8.20. The molecular weight excluding hydrogens is 374 g/mol. The van der Waals surface area contributed by atoms with Crippen LogP contribution in [0.25, 0.3) is 0 Å². The first-order chi connectivity index (χ1) is 14.7. The number of carbonyl (C=O) groups excluding carboxylic acids is 1. The minimum atomic E-state index is 0.175. The van der Waals surface area contributed by atoms with Crippen molar-refractivity contribution in [1.82, 2.24) is 9.80 Å². The van der Waals surface area contributed by atoms with E-state index < -0.39 is 0 Å². The molecule has 2 aliphatic heterocycles. The van der Waals surface area contributed by atoms with Crippen LogP contribution < -0.4 is 4.74 Å². The summed E-state index contributed by atoms with van der Waals surface area (Å²) in [5, 5.41) is 0. The van der Waals surface area contributed by atoms with Crippen molar-refractivity contribution in [2.24, 2.45) is 10.9 Å². The van der Waals surface area contributed by atoms with Crippen LogP contribution in [0, 0.1) is 5.92 Å². The van der Waals surface area contributed by atoms with E-state index in [1.54, 1.807) is 7.11 Å². The molecule has 0 aliphatic carbocycles. The summed E-state index contributed by atoms with van der Waals surface area (Å²) in [5.41, 5.74) is 2.58. The van der Waals surface area contributed by atoms with Crippen LogP contribution in [0.1, 0.15) is 30.4 Å². The lowest BCUT2D eigenvalue weighted by molar-refractivity contribution is -0.127. The molecule has 30 heavy (non-hydrogen) atoms. The summed E-state index contributed by atoms with van der Waals surface area (Å²) in [6.45, 7) is 3.39. The molecule has 0 spiro atoms. The van der Waals surface area contributed by atoms with Crippen molar-refractivity contribution in [2.75, 3.05) is 33.3 Å². The van der Waals surface area contributed by atoms with Gasteiger partial charge in [-0.1, -0.05) is 42.5 Å². The van der Waals surface area contributed by atoms with Crippen LogP contribution in [-0.2, 0) is 17.6 Å². The summed E-state index contributed by atoms with van der Waals surface area (Å²) in [5.74, 6) is 2.63. The number of carbonyl (C=O) groups is 1. The molecule has 1 saturated heterocycles. The van der Waals surface area contributed by atoms with Crippen molar-refractivity contribution < 1.29 is 9.53 Å². The monoisotopic (exact) mass is 405 g/mol. The van der Waals surface area contributed by atoms with Crippen molar-refractivity contribution in [3.05, 3.63) is 65.7 Å². The highest BCUT2D eigenvalue weighted by atomic mass is 16.5. The van der Waals surface area contributed by atoms with Gasteiger partial charge in [0.15, 0.2) is 0 Å². The first kappa shape index (κ1) is 20.5. The number of ether oxygens (including phenoxy) is 1. The van der Waals surface area contributed by atoms with E-state index in [9.17, 15) is 4.79 Å². The highest BCUT2D eigenvalue weighted by molar-refractivity contribution is 5.98. The lowest BCUT2D eigenvalue weighted by Crippen LogP contribution is -2.48. The Morgan fingerprint density at radius 3 is 2.43 bits per heavy atom. The van der Waals surface area contributed by atoms with Crippen LogP contribution in [0.2, 0.25) is 0 Å². The summed E-state index contributed by atoms with van der Waals surface area (Å²) in [6.07, 6.45) is 4.71. The van der Waals surface area contributed by atoms with E-state index in [1.165, 1.54) is 5.56 Å². The quantitative estimate of drug-likeness (QED) is 0.735. The first-order valence-corrected chi connectivity index (χ1v) is 11.0. The summed E-state index contributed by atoms with van der Waals surface area (Å²) < 4.78 is 5.20. The highest BCUT2D eigenvalue weighted by Gasteiger charge is 2.30. The molecule has 1 fully saturated rings. The van der Waals surface area contributed by atoms with Gasteiger partial charge in [0.2, 0.25) is 11.9 Å². The molecule has 0 radical (unpaired) electrons. The fourth-order valence-electron chi connectivity index (χ4n) is 4.41. The van der Waals surface area contributed by atoms with Crippen molar-refractivity contribution in [1.29, 1.82) is 0 Å². The second kappa shape index (κ2) is 9.79. The van der Waals surface area contributed by atoms with E-state index in [0.29, 0.717) is 25.4 Å². The lowest BCUT2D eigenvalue weighted by Gasteiger charge is -2.36. The predicted octanol–water partition coefficient (Wildman–Crippen LogP) is 3.78. The van der Waals surface area contributed by atoms with Crippen LogP contribution in [0.3, 0.4) is 0 Å². The molecule has 158 valence electrons. The molecule has 0 aromatic heterocycles. The van der Waals surface area contributed by atoms with Crippen LogP contribution in [0.4, 0.5) is 0 Å². The number of hydrogen-bond donors (Lipinski definition) is 0. The zero-order chi connectivity index (χ0) is 20.8. The number of likely N-dealkylation sites (tertiary alicyclic amines) is 1. The first-order valence-electron chi connectivity index (χ1n) is 11.0. The van der Waals surface area contributed by atoms with Gasteiger partial charge >= 0.3 is 0 Å². The number of aryl methyl sites for hydroxylation is 1. The van der Waals surface area contributed by atoms with Crippen molar-refractivity contribution in [3.63, 3.8) is 0 Å². The number of guanidine groups is 1. The van der Waals surface area contributed by atoms with Crippen LogP contribution in [-0.4, -0.2) is 55.0 Å². The third kappa shape index (κ3) is 5.02. The van der Waals surface area contributed by atoms with Gasteiger partial charge in [-0.25, -0.2) is 0 Å². The number of rotatable bonds is 6. The van der Waals surface area contributed by atoms with Gasteiger partial charge in [-0.2, -0.15) is 0 Å². The zero-order valence-corrected chi connectivity index (χ0v) is 17.8. The Balaban J connectivity index is 1.27. The zero-order valence-electron chi connectivity index (χ0n) is 17.8. The third-order valence-corrected chi connectivity index (χ3v) is 6.17. The van der Waals surface area contributed by atoms with E-state index in [-0.39, 0.29) is 5.91 Å². The minimum absolute atomic E-state index is 0.175. The van der Waals surface area contributed by atoms with E-state index in [1.807, 2.05) is 29.2 Å². The molecule has 0 unspecified atom stereocenters. The predicted molar refractivity (Wildman–Crippen MR) is 120 cm³/mol. The van der Waals surface area contributed by atoms with E-state index in [4.69, 9.17) is 4.74 Å². The average molecular weight is 406 g/mol. The van der Waals surface area contributed by atoms with Gasteiger partial charge in [0.05, 0.1) is 13.7 Å². The van der Waals surface area contributed by atoms with Gasteiger partial charge in [0.25, 0.3) is 0 Å². The molecule has 0 N–H and O–H groups in total. The molecule has 1 amide bonds. The Morgan fingerprint density at radius 1 is 1.00 bits per heavy atom. The largest absolute Gasteiger partial charge is 0.497 e. The molecule has 0 bridgehead atoms. The Morgan fingerprint density at radius 2 is 1.73 bits per heavy atom. The number of nitrogens with zero attached hydrogens (tertiary/aromatic N) is 3. The smallest absolute Gasteiger partial charge is 0.229 e. The maximum absolute atomic E-state index is 12.9. The Hall–Kier alpha value is -2.82. The second-order valence-electron chi connectivity index (χ2n) is 8.20. The van der Waals surface area contributed by atoms with Crippen LogP contribution in [0.15, 0.2) is 59.6 Å².